The molecule has 7 heteroatoms. The Balaban J connectivity index is 3.08. The van der Waals surface area contributed by atoms with Gasteiger partial charge in [0.25, 0.3) is 5.91 Å². The Labute approximate surface area is 122 Å². The molecule has 112 valence electrons. The molecule has 1 aromatic carbocycles. The molecule has 0 aliphatic heterocycles. The van der Waals surface area contributed by atoms with E-state index in [4.69, 9.17) is 10.3 Å². The number of hydrogen-bond donors (Lipinski definition) is 1. The highest BCUT2D eigenvalue weighted by Gasteiger charge is 2.31. The first-order valence-electron chi connectivity index (χ1n) is 6.09. The van der Waals surface area contributed by atoms with Crippen molar-refractivity contribution in [2.75, 3.05) is 25.7 Å². The summed E-state index contributed by atoms with van der Waals surface area (Å²) in [6.45, 7) is 3.75. The molecule has 1 amide bonds. The van der Waals surface area contributed by atoms with Gasteiger partial charge in [-0.15, -0.1) is 6.58 Å². The topological polar surface area (TPSA) is 92.1 Å². The number of carbonyl (C=O) groups excluding carboxylic acids is 2. The lowest BCUT2D eigenvalue weighted by Crippen LogP contribution is -2.42. The van der Waals surface area contributed by atoms with E-state index in [9.17, 15) is 9.59 Å². The van der Waals surface area contributed by atoms with Crippen molar-refractivity contribution in [2.45, 2.75) is 6.04 Å². The van der Waals surface area contributed by atoms with Gasteiger partial charge in [0.05, 0.1) is 14.2 Å². The maximum absolute atomic E-state index is 12.4. The Morgan fingerprint density at radius 1 is 1.38 bits per heavy atom. The maximum atomic E-state index is 12.4. The summed E-state index contributed by atoms with van der Waals surface area (Å²) >= 11 is 0. The van der Waals surface area contributed by atoms with Gasteiger partial charge in [-0.1, -0.05) is 6.08 Å². The predicted molar refractivity (Wildman–Crippen MR) is 76.5 cm³/mol. The van der Waals surface area contributed by atoms with Gasteiger partial charge in [0.15, 0.2) is 0 Å². The van der Waals surface area contributed by atoms with E-state index in [2.05, 4.69) is 16.4 Å². The molecule has 0 spiro atoms. The third-order valence-corrected chi connectivity index (χ3v) is 2.75. The van der Waals surface area contributed by atoms with Crippen LogP contribution in [0.5, 0.6) is 5.75 Å². The Morgan fingerprint density at radius 2 is 2.00 bits per heavy atom. The first kappa shape index (κ1) is 16.4. The summed E-state index contributed by atoms with van der Waals surface area (Å²) in [7, 11) is 2.67. The zero-order valence-corrected chi connectivity index (χ0v) is 11.9. The van der Waals surface area contributed by atoms with Gasteiger partial charge < -0.3 is 14.4 Å². The van der Waals surface area contributed by atoms with Gasteiger partial charge >= 0.3 is 5.97 Å². The second-order valence-electron chi connectivity index (χ2n) is 3.99. The number of esters is 1. The van der Waals surface area contributed by atoms with Crippen molar-refractivity contribution in [3.63, 3.8) is 0 Å². The first-order valence-corrected chi connectivity index (χ1v) is 6.09. The molecular weight excluding hydrogens is 274 g/mol. The Bertz CT molecular complexity index is 528. The Kier molecular flexibility index (Phi) is 6.06. The van der Waals surface area contributed by atoms with Gasteiger partial charge in [0.2, 0.25) is 6.04 Å². The number of ether oxygens (including phenoxy) is 2. The first-order chi connectivity index (χ1) is 10.1. The lowest BCUT2D eigenvalue weighted by Gasteiger charge is -2.23. The van der Waals surface area contributed by atoms with Gasteiger partial charge in [0, 0.05) is 12.2 Å². The third kappa shape index (κ3) is 3.88. The molecule has 0 saturated heterocycles. The molecule has 1 atom stereocenters. The number of benzene rings is 1. The maximum Gasteiger partial charge on any atom is 0.342 e. The van der Waals surface area contributed by atoms with E-state index in [1.807, 2.05) is 0 Å². The summed E-state index contributed by atoms with van der Waals surface area (Å²) in [5, 5.41) is 3.05. The molecular formula is C14H17N3O4. The Hall–Kier alpha value is -2.70. The normalized spacial score (nSPS) is 11.1. The second-order valence-corrected chi connectivity index (χ2v) is 3.99. The molecule has 0 heterocycles. The lowest BCUT2D eigenvalue weighted by atomic mass is 10.2. The molecule has 0 aromatic heterocycles. The van der Waals surface area contributed by atoms with Crippen molar-refractivity contribution in [1.82, 2.24) is 0 Å². The zero-order valence-electron chi connectivity index (χ0n) is 11.9. The minimum Gasteiger partial charge on any atom is -0.497 e. The number of anilines is 1. The second kappa shape index (κ2) is 7.78. The number of nitrogens with one attached hydrogen (secondary N) is 1. The van der Waals surface area contributed by atoms with Gasteiger partial charge in [-0.3, -0.25) is 4.79 Å². The molecule has 0 aliphatic carbocycles. The van der Waals surface area contributed by atoms with Crippen molar-refractivity contribution < 1.29 is 19.1 Å². The molecule has 7 nitrogen and oxygen atoms in total. The molecule has 1 rings (SSSR count). The van der Waals surface area contributed by atoms with Crippen LogP contribution in [0.15, 0.2) is 42.0 Å². The van der Waals surface area contributed by atoms with Crippen molar-refractivity contribution >= 4 is 17.6 Å². The highest BCUT2D eigenvalue weighted by atomic mass is 16.5. The number of amides is 1. The average molecular weight is 291 g/mol. The number of hydrogen-bond acceptors (Lipinski definition) is 6. The zero-order chi connectivity index (χ0) is 15.8. The minimum atomic E-state index is -1.52. The van der Waals surface area contributed by atoms with E-state index in [0.717, 1.165) is 7.11 Å². The van der Waals surface area contributed by atoms with Crippen LogP contribution in [0.3, 0.4) is 0 Å². The number of carbonyl (C=O) groups is 2. The largest absolute Gasteiger partial charge is 0.497 e. The van der Waals surface area contributed by atoms with Gasteiger partial charge in [-0.2, -0.15) is 5.11 Å². The van der Waals surface area contributed by atoms with Crippen LogP contribution in [0.1, 0.15) is 0 Å². The van der Waals surface area contributed by atoms with E-state index in [1.165, 1.54) is 18.1 Å². The fourth-order valence-corrected chi connectivity index (χ4v) is 1.68. The monoisotopic (exact) mass is 291 g/mol. The number of nitrogens with zero attached hydrogens (tertiary/aromatic N) is 2. The lowest BCUT2D eigenvalue weighted by molar-refractivity contribution is -0.145. The van der Waals surface area contributed by atoms with Crippen LogP contribution in [0, 0.1) is 5.53 Å². The standard InChI is InChI=1S/C14H17N3O4/c1-4-9-17(10-5-7-11(20-2)8-6-10)13(18)12(16-15)14(19)21-3/h4-8,12,15H,1,9H2,2-3H3. The van der Waals surface area contributed by atoms with Crippen molar-refractivity contribution in [3.05, 3.63) is 36.9 Å². The quantitative estimate of drug-likeness (QED) is 0.359. The molecule has 0 radical (unpaired) electrons. The van der Waals surface area contributed by atoms with Crippen molar-refractivity contribution in [3.8, 4) is 5.75 Å². The molecule has 1 unspecified atom stereocenters. The summed E-state index contributed by atoms with van der Waals surface area (Å²) in [5.41, 5.74) is 7.55. The Morgan fingerprint density at radius 3 is 2.43 bits per heavy atom. The van der Waals surface area contributed by atoms with Gasteiger partial charge in [0.1, 0.15) is 5.75 Å². The van der Waals surface area contributed by atoms with Gasteiger partial charge in [-0.05, 0) is 24.3 Å². The van der Waals surface area contributed by atoms with Crippen LogP contribution in [0.25, 0.3) is 0 Å². The summed E-state index contributed by atoms with van der Waals surface area (Å²) in [6, 6.07) is 5.18. The van der Waals surface area contributed by atoms with Gasteiger partial charge in [-0.25, -0.2) is 10.3 Å². The highest BCUT2D eigenvalue weighted by molar-refractivity contribution is 6.09. The van der Waals surface area contributed by atoms with Crippen molar-refractivity contribution in [1.29, 1.82) is 5.53 Å². The summed E-state index contributed by atoms with van der Waals surface area (Å²) in [6.07, 6.45) is 1.51. The molecule has 1 N–H and O–H groups in total. The fraction of sp³-hybridized carbons (Fsp3) is 0.286. The van der Waals surface area contributed by atoms with Crippen molar-refractivity contribution in [2.24, 2.45) is 5.11 Å². The minimum absolute atomic E-state index is 0.175. The van der Waals surface area contributed by atoms with Crippen LogP contribution in [0.2, 0.25) is 0 Å². The number of methoxy groups -OCH3 is 2. The summed E-state index contributed by atoms with van der Waals surface area (Å²) in [4.78, 5) is 25.1. The van der Waals surface area contributed by atoms with E-state index in [1.54, 1.807) is 24.3 Å². The van der Waals surface area contributed by atoms with Crippen LogP contribution >= 0.6 is 0 Å². The summed E-state index contributed by atoms with van der Waals surface area (Å²) < 4.78 is 9.53. The van der Waals surface area contributed by atoms with E-state index >= 15 is 0 Å². The summed E-state index contributed by atoms with van der Waals surface area (Å²) in [5.74, 6) is -0.890. The van der Waals surface area contributed by atoms with Crippen LogP contribution in [-0.2, 0) is 14.3 Å². The predicted octanol–water partition coefficient (Wildman–Crippen LogP) is 1.79. The molecule has 0 fully saturated rings. The van der Waals surface area contributed by atoms with E-state index < -0.39 is 17.9 Å². The smallest absolute Gasteiger partial charge is 0.342 e. The molecule has 1 aromatic rings. The molecule has 0 aliphatic rings. The third-order valence-electron chi connectivity index (χ3n) is 2.75. The van der Waals surface area contributed by atoms with Crippen LogP contribution in [-0.4, -0.2) is 38.7 Å². The van der Waals surface area contributed by atoms with Crippen LogP contribution in [0.4, 0.5) is 5.69 Å². The highest BCUT2D eigenvalue weighted by Crippen LogP contribution is 2.20. The molecule has 21 heavy (non-hydrogen) atoms. The SMILES string of the molecule is C=CCN(C(=O)C(N=N)C(=O)OC)c1ccc(OC)cc1. The van der Waals surface area contributed by atoms with E-state index in [-0.39, 0.29) is 6.54 Å². The van der Waals surface area contributed by atoms with Crippen LogP contribution < -0.4 is 9.64 Å². The molecule has 0 bridgehead atoms. The fourth-order valence-electron chi connectivity index (χ4n) is 1.68. The molecule has 0 saturated carbocycles. The average Bonchev–Trinajstić information content (AvgIpc) is 2.53. The van der Waals surface area contributed by atoms with E-state index in [0.29, 0.717) is 11.4 Å². The number of rotatable bonds is 7.